The normalized spacial score (nSPS) is 11.9. The molecule has 99 valence electrons. The van der Waals surface area contributed by atoms with Gasteiger partial charge < -0.3 is 5.11 Å². The third-order valence-corrected chi connectivity index (χ3v) is 2.58. The number of aliphatic hydroxyl groups is 1. The van der Waals surface area contributed by atoms with Crippen LogP contribution in [0.1, 0.15) is 16.7 Å². The maximum Gasteiger partial charge on any atom is 0.416 e. The Morgan fingerprint density at radius 2 is 1.53 bits per heavy atom. The fourth-order valence-corrected chi connectivity index (χ4v) is 1.62. The Bertz CT molecular complexity index is 560. The molecule has 2 aromatic rings. The second-order valence-electron chi connectivity index (χ2n) is 3.93. The number of aliphatic hydroxyl groups excluding tert-OH is 1. The van der Waals surface area contributed by atoms with Crippen molar-refractivity contribution >= 4 is 0 Å². The van der Waals surface area contributed by atoms with Crippen molar-refractivity contribution in [3.8, 4) is 0 Å². The van der Waals surface area contributed by atoms with E-state index in [4.69, 9.17) is 0 Å². The smallest absolute Gasteiger partial charge is 0.377 e. The molecule has 0 amide bonds. The van der Waals surface area contributed by atoms with Gasteiger partial charge in [-0.1, -0.05) is 24.3 Å². The van der Waals surface area contributed by atoms with Gasteiger partial charge in [0.05, 0.1) is 5.56 Å². The molecule has 1 nitrogen and oxygen atoms in total. The lowest BCUT2D eigenvalue weighted by Crippen LogP contribution is -2.06. The molecule has 0 fully saturated rings. The van der Waals surface area contributed by atoms with E-state index in [2.05, 4.69) is 0 Å². The lowest BCUT2D eigenvalue weighted by atomic mass is 10.0. The van der Waals surface area contributed by atoms with Crippen molar-refractivity contribution in [2.45, 2.75) is 6.18 Å². The van der Waals surface area contributed by atoms with Gasteiger partial charge in [-0.3, -0.25) is 0 Å². The van der Waals surface area contributed by atoms with E-state index in [1.807, 2.05) is 0 Å². The van der Waals surface area contributed by atoms with Gasteiger partial charge in [-0.25, -0.2) is 4.39 Å². The van der Waals surface area contributed by atoms with Crippen LogP contribution in [0, 0.1) is 11.9 Å². The second kappa shape index (κ2) is 5.01. The van der Waals surface area contributed by atoms with Crippen molar-refractivity contribution in [2.75, 3.05) is 0 Å². The summed E-state index contributed by atoms with van der Waals surface area (Å²) in [5.41, 5.74) is -0.401. The molecule has 5 heteroatoms. The summed E-state index contributed by atoms with van der Waals surface area (Å²) in [6.07, 6.45) is -4.69. The molecule has 0 unspecified atom stereocenters. The van der Waals surface area contributed by atoms with Crippen molar-refractivity contribution in [1.82, 2.24) is 0 Å². The van der Waals surface area contributed by atoms with Gasteiger partial charge in [0.1, 0.15) is 5.82 Å². The maximum atomic E-state index is 13.0. The summed E-state index contributed by atoms with van der Waals surface area (Å²) in [7, 11) is 0. The van der Waals surface area contributed by atoms with Gasteiger partial charge >= 0.3 is 6.18 Å². The Morgan fingerprint density at radius 3 is 2.05 bits per heavy atom. The van der Waals surface area contributed by atoms with E-state index in [1.165, 1.54) is 18.2 Å². The summed E-state index contributed by atoms with van der Waals surface area (Å²) in [6.45, 7) is 0. The monoisotopic (exact) mass is 269 g/mol. The first-order valence-corrected chi connectivity index (χ1v) is 5.37. The van der Waals surface area contributed by atoms with Crippen LogP contribution >= 0.6 is 0 Å². The van der Waals surface area contributed by atoms with Gasteiger partial charge in [-0.2, -0.15) is 13.2 Å². The number of alkyl halides is 3. The van der Waals surface area contributed by atoms with Crippen LogP contribution < -0.4 is 0 Å². The minimum absolute atomic E-state index is 0.193. The van der Waals surface area contributed by atoms with Crippen LogP contribution in [0.5, 0.6) is 0 Å². The van der Waals surface area contributed by atoms with Gasteiger partial charge in [-0.15, -0.1) is 0 Å². The summed E-state index contributed by atoms with van der Waals surface area (Å²) in [6, 6.07) is 9.21. The highest BCUT2D eigenvalue weighted by Crippen LogP contribution is 2.30. The molecule has 0 atom stereocenters. The quantitative estimate of drug-likeness (QED) is 0.812. The number of hydrogen-bond donors (Lipinski definition) is 1. The second-order valence-corrected chi connectivity index (χ2v) is 3.93. The first-order chi connectivity index (χ1) is 8.88. The molecular weight excluding hydrogens is 260 g/mol. The number of hydrogen-bond acceptors (Lipinski definition) is 1. The van der Waals surface area contributed by atoms with E-state index in [1.54, 1.807) is 0 Å². The van der Waals surface area contributed by atoms with Crippen molar-refractivity contribution < 1.29 is 22.7 Å². The summed E-state index contributed by atoms with van der Waals surface area (Å²) in [5, 5.41) is 9.88. The predicted molar refractivity (Wildman–Crippen MR) is 61.2 cm³/mol. The fraction of sp³-hybridized carbons (Fsp3) is 0.0714. The predicted octanol–water partition coefficient (Wildman–Crippen LogP) is 4.15. The first-order valence-electron chi connectivity index (χ1n) is 5.37. The average Bonchev–Trinajstić information content (AvgIpc) is 2.37. The molecule has 0 spiro atoms. The third-order valence-electron chi connectivity index (χ3n) is 2.58. The molecule has 0 saturated heterocycles. The SMILES string of the molecule is O[C](c1ccc(C(F)(F)F)cc1)c1cccc(F)c1. The summed E-state index contributed by atoms with van der Waals surface area (Å²) in [5.74, 6) is -0.532. The van der Waals surface area contributed by atoms with Gasteiger partial charge in [0.25, 0.3) is 0 Å². The standard InChI is InChI=1S/C14H9F4O/c15-12-3-1-2-10(8-12)13(19)9-4-6-11(7-5-9)14(16,17)18/h1-8,19H. The lowest BCUT2D eigenvalue weighted by molar-refractivity contribution is -0.137. The largest absolute Gasteiger partial charge is 0.416 e. The highest BCUT2D eigenvalue weighted by molar-refractivity contribution is 5.42. The van der Waals surface area contributed by atoms with Crippen LogP contribution in [-0.4, -0.2) is 5.11 Å². The van der Waals surface area contributed by atoms with Gasteiger partial charge in [-0.05, 0) is 35.4 Å². The molecule has 0 bridgehead atoms. The van der Waals surface area contributed by atoms with Crippen LogP contribution in [0.15, 0.2) is 48.5 Å². The van der Waals surface area contributed by atoms with Crippen molar-refractivity contribution in [1.29, 1.82) is 0 Å². The molecule has 0 aromatic heterocycles. The van der Waals surface area contributed by atoms with Crippen molar-refractivity contribution in [3.63, 3.8) is 0 Å². The van der Waals surface area contributed by atoms with E-state index in [-0.39, 0.29) is 17.2 Å². The van der Waals surface area contributed by atoms with E-state index in [0.29, 0.717) is 0 Å². The average molecular weight is 269 g/mol. The van der Waals surface area contributed by atoms with Crippen LogP contribution in [0.25, 0.3) is 0 Å². The Balaban J connectivity index is 2.27. The molecule has 2 aromatic carbocycles. The summed E-state index contributed by atoms with van der Waals surface area (Å²) < 4.78 is 50.1. The topological polar surface area (TPSA) is 20.2 Å². The van der Waals surface area contributed by atoms with Crippen LogP contribution in [0.4, 0.5) is 17.6 Å². The zero-order chi connectivity index (χ0) is 14.0. The highest BCUT2D eigenvalue weighted by atomic mass is 19.4. The Hall–Kier alpha value is -1.88. The number of benzene rings is 2. The molecular formula is C14H9F4O. The number of rotatable bonds is 2. The molecule has 0 aliphatic heterocycles. The molecule has 0 heterocycles. The van der Waals surface area contributed by atoms with Gasteiger partial charge in [0, 0.05) is 0 Å². The third kappa shape index (κ3) is 3.12. The highest BCUT2D eigenvalue weighted by Gasteiger charge is 2.30. The van der Waals surface area contributed by atoms with E-state index in [9.17, 15) is 22.7 Å². The fourth-order valence-electron chi connectivity index (χ4n) is 1.62. The van der Waals surface area contributed by atoms with Crippen LogP contribution in [0.3, 0.4) is 0 Å². The Labute approximate surface area is 107 Å². The molecule has 0 saturated carbocycles. The van der Waals surface area contributed by atoms with Crippen LogP contribution in [0.2, 0.25) is 0 Å². The molecule has 19 heavy (non-hydrogen) atoms. The summed E-state index contributed by atoms with van der Waals surface area (Å²) in [4.78, 5) is 0. The van der Waals surface area contributed by atoms with E-state index < -0.39 is 17.6 Å². The Kier molecular flexibility index (Phi) is 3.57. The van der Waals surface area contributed by atoms with E-state index >= 15 is 0 Å². The van der Waals surface area contributed by atoms with Crippen molar-refractivity contribution in [2.24, 2.45) is 0 Å². The number of halogens is 4. The maximum absolute atomic E-state index is 13.0. The minimum Gasteiger partial charge on any atom is -0.377 e. The Morgan fingerprint density at radius 1 is 0.895 bits per heavy atom. The minimum atomic E-state index is -4.42. The van der Waals surface area contributed by atoms with Gasteiger partial charge in [0.15, 0.2) is 6.10 Å². The molecule has 1 radical (unpaired) electrons. The zero-order valence-electron chi connectivity index (χ0n) is 9.58. The van der Waals surface area contributed by atoms with E-state index in [0.717, 1.165) is 30.3 Å². The lowest BCUT2D eigenvalue weighted by Gasteiger charge is -2.12. The summed E-state index contributed by atoms with van der Waals surface area (Å²) >= 11 is 0. The van der Waals surface area contributed by atoms with Gasteiger partial charge in [0.2, 0.25) is 0 Å². The molecule has 2 rings (SSSR count). The zero-order valence-corrected chi connectivity index (χ0v) is 9.58. The van der Waals surface area contributed by atoms with Crippen LogP contribution in [-0.2, 0) is 6.18 Å². The molecule has 0 aliphatic carbocycles. The molecule has 1 N–H and O–H groups in total. The first kappa shape index (κ1) is 13.5. The van der Waals surface area contributed by atoms with Crippen molar-refractivity contribution in [3.05, 3.63) is 77.1 Å². The molecule has 0 aliphatic rings.